The number of ketones is 1. The second kappa shape index (κ2) is 9.97. The number of amides is 1. The molecule has 6 heteroatoms. The van der Waals surface area contributed by atoms with Crippen molar-refractivity contribution >= 4 is 17.8 Å². The lowest BCUT2D eigenvalue weighted by Gasteiger charge is -2.22. The predicted molar refractivity (Wildman–Crippen MR) is 83.5 cm³/mol. The summed E-state index contributed by atoms with van der Waals surface area (Å²) in [5, 5.41) is 2.46. The summed E-state index contributed by atoms with van der Waals surface area (Å²) in [6.45, 7) is 10.6. The van der Waals surface area contributed by atoms with E-state index in [1.165, 1.54) is 0 Å². The lowest BCUT2D eigenvalue weighted by Crippen LogP contribution is -2.44. The molecule has 126 valence electrons. The van der Waals surface area contributed by atoms with Crippen molar-refractivity contribution in [2.45, 2.75) is 65.0 Å². The number of rotatable bonds is 9. The maximum Gasteiger partial charge on any atom is 0.408 e. The molecule has 0 radical (unpaired) electrons. The van der Waals surface area contributed by atoms with Crippen LogP contribution in [0, 0.1) is 0 Å². The van der Waals surface area contributed by atoms with Gasteiger partial charge in [0.15, 0.2) is 0 Å². The molecule has 1 amide bonds. The van der Waals surface area contributed by atoms with Crippen molar-refractivity contribution in [2.24, 2.45) is 0 Å². The fraction of sp³-hybridized carbons (Fsp3) is 0.688. The highest BCUT2D eigenvalue weighted by atomic mass is 16.6. The van der Waals surface area contributed by atoms with E-state index in [4.69, 9.17) is 9.47 Å². The van der Waals surface area contributed by atoms with Crippen LogP contribution in [0.15, 0.2) is 12.7 Å². The highest BCUT2D eigenvalue weighted by molar-refractivity contribution is 5.83. The lowest BCUT2D eigenvalue weighted by atomic mass is 10.1. The first-order chi connectivity index (χ1) is 10.2. The number of ether oxygens (including phenoxy) is 2. The van der Waals surface area contributed by atoms with Gasteiger partial charge in [0, 0.05) is 12.8 Å². The molecule has 1 N–H and O–H groups in total. The zero-order valence-electron chi connectivity index (χ0n) is 13.9. The molecule has 0 aliphatic rings. The van der Waals surface area contributed by atoms with Gasteiger partial charge in [-0.05, 0) is 40.5 Å². The fourth-order valence-electron chi connectivity index (χ4n) is 1.63. The Balaban J connectivity index is 4.56. The molecule has 0 aromatic carbocycles. The molecule has 0 fully saturated rings. The minimum absolute atomic E-state index is 0.0141. The van der Waals surface area contributed by atoms with Gasteiger partial charge in [0.25, 0.3) is 0 Å². The summed E-state index contributed by atoms with van der Waals surface area (Å²) in [6.07, 6.45) is 2.32. The number of carbonyl (C=O) groups is 3. The summed E-state index contributed by atoms with van der Waals surface area (Å²) in [5.74, 6) is -0.551. The van der Waals surface area contributed by atoms with Crippen LogP contribution in [0.5, 0.6) is 0 Å². The summed E-state index contributed by atoms with van der Waals surface area (Å²) in [7, 11) is 0. The molecular formula is C16H27NO5. The molecule has 0 aliphatic carbocycles. The standard InChI is InChI=1S/C16H27NO5/c1-6-8-9-12(18)10-11-13(14(19)21-7-2)17-15(20)22-16(3,4)5/h6,13H,1,7-11H2,2-5H3,(H,17,20). The minimum atomic E-state index is -0.887. The Morgan fingerprint density at radius 2 is 1.86 bits per heavy atom. The van der Waals surface area contributed by atoms with Crippen molar-refractivity contribution in [3.63, 3.8) is 0 Å². The highest BCUT2D eigenvalue weighted by Gasteiger charge is 2.25. The monoisotopic (exact) mass is 313 g/mol. The second-order valence-corrected chi connectivity index (χ2v) is 5.86. The van der Waals surface area contributed by atoms with Crippen LogP contribution in [0.25, 0.3) is 0 Å². The van der Waals surface area contributed by atoms with Gasteiger partial charge < -0.3 is 14.8 Å². The van der Waals surface area contributed by atoms with E-state index in [0.29, 0.717) is 12.8 Å². The van der Waals surface area contributed by atoms with Crippen LogP contribution in [0.2, 0.25) is 0 Å². The summed E-state index contributed by atoms with van der Waals surface area (Å²) in [6, 6.07) is -0.887. The van der Waals surface area contributed by atoms with Gasteiger partial charge >= 0.3 is 12.1 Å². The van der Waals surface area contributed by atoms with E-state index in [2.05, 4.69) is 11.9 Å². The third-order valence-electron chi connectivity index (χ3n) is 2.60. The first-order valence-electron chi connectivity index (χ1n) is 7.48. The van der Waals surface area contributed by atoms with Crippen LogP contribution in [-0.4, -0.2) is 36.1 Å². The molecule has 0 spiro atoms. The normalized spacial score (nSPS) is 12.2. The molecule has 1 unspecified atom stereocenters. The third-order valence-corrected chi connectivity index (χ3v) is 2.60. The van der Waals surface area contributed by atoms with E-state index in [0.717, 1.165) is 0 Å². The van der Waals surface area contributed by atoms with Crippen LogP contribution in [0.4, 0.5) is 4.79 Å². The Hall–Kier alpha value is -1.85. The van der Waals surface area contributed by atoms with E-state index in [-0.39, 0.29) is 25.2 Å². The van der Waals surface area contributed by atoms with Crippen molar-refractivity contribution in [1.29, 1.82) is 0 Å². The third kappa shape index (κ3) is 9.96. The van der Waals surface area contributed by atoms with Gasteiger partial charge in [-0.2, -0.15) is 0 Å². The first kappa shape index (κ1) is 20.1. The number of Topliss-reactive ketones (excluding diaryl/α,β-unsaturated/α-hetero) is 1. The summed E-state index contributed by atoms with van der Waals surface area (Å²) >= 11 is 0. The summed E-state index contributed by atoms with van der Waals surface area (Å²) < 4.78 is 10.0. The summed E-state index contributed by atoms with van der Waals surface area (Å²) in [5.41, 5.74) is -0.664. The molecular weight excluding hydrogens is 286 g/mol. The number of esters is 1. The van der Waals surface area contributed by atoms with Crippen LogP contribution in [-0.2, 0) is 19.1 Å². The van der Waals surface area contributed by atoms with E-state index in [1.807, 2.05) is 0 Å². The predicted octanol–water partition coefficient (Wildman–Crippen LogP) is 2.76. The molecule has 0 heterocycles. The maximum absolute atomic E-state index is 11.9. The fourth-order valence-corrected chi connectivity index (χ4v) is 1.63. The van der Waals surface area contributed by atoms with Gasteiger partial charge in [0.05, 0.1) is 6.61 Å². The number of nitrogens with one attached hydrogen (secondary N) is 1. The van der Waals surface area contributed by atoms with Gasteiger partial charge in [-0.15, -0.1) is 6.58 Å². The molecule has 22 heavy (non-hydrogen) atoms. The number of carbonyl (C=O) groups excluding carboxylic acids is 3. The molecule has 0 bridgehead atoms. The molecule has 6 nitrogen and oxygen atoms in total. The van der Waals surface area contributed by atoms with Crippen molar-refractivity contribution in [3.8, 4) is 0 Å². The Morgan fingerprint density at radius 1 is 1.23 bits per heavy atom. The Kier molecular flexibility index (Phi) is 9.13. The van der Waals surface area contributed by atoms with Crippen LogP contribution in [0.1, 0.15) is 53.4 Å². The van der Waals surface area contributed by atoms with Gasteiger partial charge in [-0.1, -0.05) is 6.08 Å². The second-order valence-electron chi connectivity index (χ2n) is 5.86. The van der Waals surface area contributed by atoms with E-state index in [1.54, 1.807) is 33.8 Å². The molecule has 0 saturated heterocycles. The number of hydrogen-bond donors (Lipinski definition) is 1. The van der Waals surface area contributed by atoms with Crippen molar-refractivity contribution in [1.82, 2.24) is 5.32 Å². The largest absolute Gasteiger partial charge is 0.464 e. The van der Waals surface area contributed by atoms with E-state index < -0.39 is 23.7 Å². The maximum atomic E-state index is 11.9. The Morgan fingerprint density at radius 3 is 2.36 bits per heavy atom. The average Bonchev–Trinajstić information content (AvgIpc) is 2.39. The molecule has 0 aromatic heterocycles. The molecule has 0 aromatic rings. The van der Waals surface area contributed by atoms with Crippen molar-refractivity contribution in [2.75, 3.05) is 6.61 Å². The zero-order valence-corrected chi connectivity index (χ0v) is 13.9. The Bertz CT molecular complexity index is 398. The minimum Gasteiger partial charge on any atom is -0.464 e. The van der Waals surface area contributed by atoms with Crippen LogP contribution in [0.3, 0.4) is 0 Å². The van der Waals surface area contributed by atoms with Crippen LogP contribution >= 0.6 is 0 Å². The van der Waals surface area contributed by atoms with E-state index in [9.17, 15) is 14.4 Å². The molecule has 0 aliphatic heterocycles. The Labute approximate surface area is 132 Å². The number of allylic oxidation sites excluding steroid dienone is 1. The lowest BCUT2D eigenvalue weighted by molar-refractivity contribution is -0.145. The number of alkyl carbamates (subject to hydrolysis) is 1. The molecule has 0 rings (SSSR count). The first-order valence-corrected chi connectivity index (χ1v) is 7.48. The van der Waals surface area contributed by atoms with Gasteiger partial charge in [0.1, 0.15) is 17.4 Å². The smallest absolute Gasteiger partial charge is 0.408 e. The quantitative estimate of drug-likeness (QED) is 0.523. The topological polar surface area (TPSA) is 81.7 Å². The SMILES string of the molecule is C=CCCC(=O)CCC(NC(=O)OC(C)(C)C)C(=O)OCC. The van der Waals surface area contributed by atoms with Gasteiger partial charge in [-0.3, -0.25) is 4.79 Å². The van der Waals surface area contributed by atoms with Crippen molar-refractivity contribution in [3.05, 3.63) is 12.7 Å². The number of hydrogen-bond acceptors (Lipinski definition) is 5. The van der Waals surface area contributed by atoms with Gasteiger partial charge in [0.2, 0.25) is 0 Å². The average molecular weight is 313 g/mol. The highest BCUT2D eigenvalue weighted by Crippen LogP contribution is 2.09. The molecule has 1 atom stereocenters. The zero-order chi connectivity index (χ0) is 17.2. The van der Waals surface area contributed by atoms with Crippen molar-refractivity contribution < 1.29 is 23.9 Å². The van der Waals surface area contributed by atoms with Crippen LogP contribution < -0.4 is 5.32 Å². The summed E-state index contributed by atoms with van der Waals surface area (Å²) in [4.78, 5) is 35.3. The molecule has 0 saturated carbocycles. The van der Waals surface area contributed by atoms with Gasteiger partial charge in [-0.25, -0.2) is 9.59 Å². The van der Waals surface area contributed by atoms with E-state index >= 15 is 0 Å².